The number of thiazole rings is 1. The molecule has 114 valence electrons. The molecule has 1 fully saturated rings. The fraction of sp³-hybridized carbons (Fsp3) is 0.800. The van der Waals surface area contributed by atoms with Gasteiger partial charge in [-0.3, -0.25) is 0 Å². The Morgan fingerprint density at radius 3 is 2.85 bits per heavy atom. The van der Waals surface area contributed by atoms with E-state index in [2.05, 4.69) is 24.2 Å². The molecule has 1 heterocycles. The lowest BCUT2D eigenvalue weighted by molar-refractivity contribution is 0.199. The number of hydrogen-bond acceptors (Lipinski definition) is 5. The first kappa shape index (κ1) is 15.7. The van der Waals surface area contributed by atoms with Crippen LogP contribution in [0.25, 0.3) is 0 Å². The first-order valence-corrected chi connectivity index (χ1v) is 8.39. The van der Waals surface area contributed by atoms with Crippen molar-refractivity contribution in [3.8, 4) is 0 Å². The number of anilines is 1. The molecule has 0 spiro atoms. The van der Waals surface area contributed by atoms with Crippen LogP contribution in [-0.4, -0.2) is 38.8 Å². The van der Waals surface area contributed by atoms with Crippen LogP contribution < -0.4 is 10.2 Å². The number of nitrogens with zero attached hydrogens (tertiary/aromatic N) is 2. The number of hydrogen-bond donors (Lipinski definition) is 1. The van der Waals surface area contributed by atoms with Gasteiger partial charge in [-0.2, -0.15) is 0 Å². The van der Waals surface area contributed by atoms with Crippen molar-refractivity contribution in [3.05, 3.63) is 10.6 Å². The normalized spacial score (nSPS) is 15.9. The lowest BCUT2D eigenvalue weighted by atomic mass is 10.1. The SMILES string of the molecule is COCCNCc1sc(N(C)CC2CCCC2)nc1C. The zero-order chi connectivity index (χ0) is 14.4. The van der Waals surface area contributed by atoms with Gasteiger partial charge in [0.15, 0.2) is 5.13 Å². The molecule has 2 rings (SSSR count). The standard InChI is InChI=1S/C15H27N3OS/c1-12-14(10-16-8-9-19-3)20-15(17-12)18(2)11-13-6-4-5-7-13/h13,16H,4-11H2,1-3H3. The lowest BCUT2D eigenvalue weighted by Gasteiger charge is -2.19. The number of rotatable bonds is 8. The minimum absolute atomic E-state index is 0.756. The van der Waals surface area contributed by atoms with Crippen LogP contribution in [0.15, 0.2) is 0 Å². The molecule has 0 saturated heterocycles. The number of ether oxygens (including phenoxy) is 1. The van der Waals surface area contributed by atoms with E-state index >= 15 is 0 Å². The average molecular weight is 297 g/mol. The van der Waals surface area contributed by atoms with E-state index in [9.17, 15) is 0 Å². The molecule has 1 aromatic heterocycles. The number of nitrogens with one attached hydrogen (secondary N) is 1. The molecule has 1 aliphatic carbocycles. The minimum atomic E-state index is 0.756. The van der Waals surface area contributed by atoms with Crippen LogP contribution in [0.3, 0.4) is 0 Å². The summed E-state index contributed by atoms with van der Waals surface area (Å²) in [6.45, 7) is 5.80. The van der Waals surface area contributed by atoms with Crippen molar-refractivity contribution in [2.24, 2.45) is 5.92 Å². The average Bonchev–Trinajstić information content (AvgIpc) is 3.05. The second-order valence-corrected chi connectivity index (χ2v) is 6.77. The third-order valence-corrected chi connectivity index (χ3v) is 5.25. The molecule has 5 heteroatoms. The molecule has 0 atom stereocenters. The van der Waals surface area contributed by atoms with Gasteiger partial charge in [-0.05, 0) is 25.7 Å². The summed E-state index contributed by atoms with van der Waals surface area (Å²) >= 11 is 1.82. The van der Waals surface area contributed by atoms with Gasteiger partial charge >= 0.3 is 0 Å². The Morgan fingerprint density at radius 1 is 1.40 bits per heavy atom. The molecule has 0 bridgehead atoms. The maximum absolute atomic E-state index is 5.04. The van der Waals surface area contributed by atoms with Gasteiger partial charge in [0.1, 0.15) is 0 Å². The van der Waals surface area contributed by atoms with E-state index < -0.39 is 0 Å². The zero-order valence-corrected chi connectivity index (χ0v) is 13.8. The summed E-state index contributed by atoms with van der Waals surface area (Å²) in [7, 11) is 3.91. The molecule has 0 radical (unpaired) electrons. The van der Waals surface area contributed by atoms with Gasteiger partial charge in [0.05, 0.1) is 12.3 Å². The highest BCUT2D eigenvalue weighted by Crippen LogP contribution is 2.29. The highest BCUT2D eigenvalue weighted by molar-refractivity contribution is 7.15. The van der Waals surface area contributed by atoms with Crippen molar-refractivity contribution in [1.29, 1.82) is 0 Å². The van der Waals surface area contributed by atoms with Crippen LogP contribution in [0.4, 0.5) is 5.13 Å². The fourth-order valence-electron chi connectivity index (χ4n) is 2.77. The van der Waals surface area contributed by atoms with Gasteiger partial charge in [-0.15, -0.1) is 11.3 Å². The van der Waals surface area contributed by atoms with Crippen molar-refractivity contribution in [2.75, 3.05) is 38.8 Å². The van der Waals surface area contributed by atoms with E-state index in [4.69, 9.17) is 9.72 Å². The molecule has 1 N–H and O–H groups in total. The Labute approximate surface area is 126 Å². The fourth-order valence-corrected chi connectivity index (χ4v) is 3.78. The van der Waals surface area contributed by atoms with Crippen LogP contribution >= 0.6 is 11.3 Å². The summed E-state index contributed by atoms with van der Waals surface area (Å²) in [5, 5.41) is 4.56. The minimum Gasteiger partial charge on any atom is -0.383 e. The molecule has 0 aliphatic heterocycles. The highest BCUT2D eigenvalue weighted by atomic mass is 32.1. The number of aryl methyl sites for hydroxylation is 1. The van der Waals surface area contributed by atoms with Crippen molar-refractivity contribution in [3.63, 3.8) is 0 Å². The lowest BCUT2D eigenvalue weighted by Crippen LogP contribution is -2.23. The maximum atomic E-state index is 5.04. The van der Waals surface area contributed by atoms with Crippen LogP contribution in [0.5, 0.6) is 0 Å². The van der Waals surface area contributed by atoms with Gasteiger partial charge in [0.25, 0.3) is 0 Å². The van der Waals surface area contributed by atoms with Gasteiger partial charge < -0.3 is 15.0 Å². The van der Waals surface area contributed by atoms with Gasteiger partial charge in [-0.25, -0.2) is 4.98 Å². The van der Waals surface area contributed by atoms with Crippen LogP contribution in [0.2, 0.25) is 0 Å². The second-order valence-electron chi connectivity index (χ2n) is 5.71. The molecule has 1 aliphatic rings. The first-order valence-electron chi connectivity index (χ1n) is 7.57. The summed E-state index contributed by atoms with van der Waals surface area (Å²) in [6.07, 6.45) is 5.59. The quantitative estimate of drug-likeness (QED) is 0.749. The third kappa shape index (κ3) is 4.43. The monoisotopic (exact) mass is 297 g/mol. The van der Waals surface area contributed by atoms with E-state index in [1.54, 1.807) is 7.11 Å². The van der Waals surface area contributed by atoms with E-state index in [-0.39, 0.29) is 0 Å². The Bertz CT molecular complexity index is 402. The predicted molar refractivity (Wildman–Crippen MR) is 85.7 cm³/mol. The predicted octanol–water partition coefficient (Wildman–Crippen LogP) is 2.81. The van der Waals surface area contributed by atoms with Gasteiger partial charge in [-0.1, -0.05) is 12.8 Å². The smallest absolute Gasteiger partial charge is 0.185 e. The summed E-state index contributed by atoms with van der Waals surface area (Å²) in [6, 6.07) is 0. The topological polar surface area (TPSA) is 37.4 Å². The largest absolute Gasteiger partial charge is 0.383 e. The van der Waals surface area contributed by atoms with E-state index in [0.717, 1.165) is 43.0 Å². The number of aromatic nitrogens is 1. The zero-order valence-electron chi connectivity index (χ0n) is 12.9. The van der Waals surface area contributed by atoms with E-state index in [1.165, 1.54) is 30.6 Å². The molecule has 20 heavy (non-hydrogen) atoms. The Hall–Kier alpha value is -0.650. The van der Waals surface area contributed by atoms with Crippen molar-refractivity contribution >= 4 is 16.5 Å². The summed E-state index contributed by atoms with van der Waals surface area (Å²) < 4.78 is 5.04. The van der Waals surface area contributed by atoms with Gasteiger partial charge in [0.2, 0.25) is 0 Å². The number of methoxy groups -OCH3 is 1. The van der Waals surface area contributed by atoms with Gasteiger partial charge in [0, 0.05) is 38.7 Å². The molecule has 1 aromatic rings. The Morgan fingerprint density at radius 2 is 2.15 bits per heavy atom. The summed E-state index contributed by atoms with van der Waals surface area (Å²) in [4.78, 5) is 8.41. The van der Waals surface area contributed by atoms with Crippen molar-refractivity contribution < 1.29 is 4.74 Å². The molecule has 0 amide bonds. The first-order chi connectivity index (χ1) is 9.70. The highest BCUT2D eigenvalue weighted by Gasteiger charge is 2.19. The summed E-state index contributed by atoms with van der Waals surface area (Å²) in [5.41, 5.74) is 1.16. The Balaban J connectivity index is 1.85. The molecule has 1 saturated carbocycles. The molecular weight excluding hydrogens is 270 g/mol. The molecule has 0 aromatic carbocycles. The summed E-state index contributed by atoms with van der Waals surface area (Å²) in [5.74, 6) is 0.868. The molecule has 0 unspecified atom stereocenters. The van der Waals surface area contributed by atoms with E-state index in [1.807, 2.05) is 11.3 Å². The maximum Gasteiger partial charge on any atom is 0.185 e. The van der Waals surface area contributed by atoms with Crippen LogP contribution in [-0.2, 0) is 11.3 Å². The van der Waals surface area contributed by atoms with Crippen molar-refractivity contribution in [2.45, 2.75) is 39.2 Å². The molecular formula is C15H27N3OS. The van der Waals surface area contributed by atoms with E-state index in [0.29, 0.717) is 0 Å². The third-order valence-electron chi connectivity index (χ3n) is 3.98. The Kier molecular flexibility index (Phi) is 6.26. The molecule has 4 nitrogen and oxygen atoms in total. The van der Waals surface area contributed by atoms with Crippen molar-refractivity contribution in [1.82, 2.24) is 10.3 Å². The second kappa shape index (κ2) is 7.96. The van der Waals surface area contributed by atoms with Crippen LogP contribution in [0, 0.1) is 12.8 Å². The van der Waals surface area contributed by atoms with Crippen LogP contribution in [0.1, 0.15) is 36.3 Å².